The average molecular weight is 573 g/mol. The molecule has 4 rings (SSSR count). The normalized spacial score (nSPS) is 18.4. The minimum absolute atomic E-state index is 0.159. The third-order valence-corrected chi connectivity index (χ3v) is 8.09. The molecule has 1 atom stereocenters. The van der Waals surface area contributed by atoms with Gasteiger partial charge in [-0.15, -0.1) is 0 Å². The lowest BCUT2D eigenvalue weighted by Crippen LogP contribution is -2.47. The molecule has 2 fully saturated rings. The number of piperidine rings is 2. The Kier molecular flexibility index (Phi) is 12.1. The molecule has 1 amide bonds. The van der Waals surface area contributed by atoms with Crippen LogP contribution in [0.4, 0.5) is 0 Å². The number of amides is 1. The van der Waals surface area contributed by atoms with Gasteiger partial charge in [-0.05, 0) is 116 Å². The van der Waals surface area contributed by atoms with E-state index in [1.165, 1.54) is 49.0 Å². The summed E-state index contributed by atoms with van der Waals surface area (Å²) in [6, 6.07) is 5.92. The second-order valence-electron chi connectivity index (χ2n) is 12.1. The molecule has 2 saturated heterocycles. The number of nitrogens with one attached hydrogen (secondary N) is 1. The third-order valence-electron chi connectivity index (χ3n) is 8.09. The number of aromatic nitrogens is 1. The van der Waals surface area contributed by atoms with Crippen LogP contribution in [0.1, 0.15) is 90.2 Å². The van der Waals surface area contributed by atoms with Crippen LogP contribution in [0.15, 0.2) is 27.4 Å². The molecule has 1 aromatic heterocycles. The first-order valence-electron chi connectivity index (χ1n) is 15.0. The quantitative estimate of drug-likeness (QED) is 0.427. The van der Waals surface area contributed by atoms with E-state index >= 15 is 0 Å². The molecule has 0 spiro atoms. The van der Waals surface area contributed by atoms with Crippen LogP contribution >= 0.6 is 0 Å². The van der Waals surface area contributed by atoms with Crippen LogP contribution in [-0.2, 0) is 19.1 Å². The van der Waals surface area contributed by atoms with Crippen molar-refractivity contribution in [2.24, 2.45) is 0 Å². The van der Waals surface area contributed by atoms with Crippen molar-refractivity contribution in [1.82, 2.24) is 19.7 Å². The Bertz CT molecular complexity index is 1180. The number of benzene rings is 1. The molecule has 0 bridgehead atoms. The van der Waals surface area contributed by atoms with E-state index < -0.39 is 11.8 Å². The number of rotatable bonds is 10. The summed E-state index contributed by atoms with van der Waals surface area (Å²) in [5, 5.41) is 2.54. The van der Waals surface area contributed by atoms with E-state index in [9.17, 15) is 19.2 Å². The van der Waals surface area contributed by atoms with Gasteiger partial charge in [-0.2, -0.15) is 0 Å². The maximum atomic E-state index is 12.5. The molecule has 2 aromatic rings. The van der Waals surface area contributed by atoms with E-state index in [2.05, 4.69) is 32.8 Å². The predicted octanol–water partition coefficient (Wildman–Crippen LogP) is 3.87. The van der Waals surface area contributed by atoms with Crippen LogP contribution in [0.2, 0.25) is 0 Å². The molecule has 0 saturated carbocycles. The van der Waals surface area contributed by atoms with Crippen molar-refractivity contribution < 1.29 is 23.5 Å². The Balaban J connectivity index is 0.000000587. The molecule has 0 radical (unpaired) electrons. The van der Waals surface area contributed by atoms with Gasteiger partial charge in [0.05, 0.1) is 11.6 Å². The number of ether oxygens (including phenoxy) is 1. The molecular weight excluding hydrogens is 524 g/mol. The number of carbonyl (C=O) groups excluding carboxylic acids is 3. The molecule has 41 heavy (non-hydrogen) atoms. The average Bonchev–Trinajstić information content (AvgIpc) is 3.28. The largest absolute Gasteiger partial charge is 0.462 e. The molecule has 10 nitrogen and oxygen atoms in total. The number of hydrogen-bond donors (Lipinski definition) is 1. The summed E-state index contributed by atoms with van der Waals surface area (Å²) in [4.78, 5) is 50.7. The van der Waals surface area contributed by atoms with Crippen molar-refractivity contribution in [3.05, 3.63) is 34.3 Å². The Labute approximate surface area is 243 Å². The molecule has 2 aliphatic heterocycles. The van der Waals surface area contributed by atoms with E-state index in [1.807, 2.05) is 32.9 Å². The van der Waals surface area contributed by atoms with Crippen molar-refractivity contribution in [2.75, 3.05) is 39.8 Å². The molecule has 10 heteroatoms. The summed E-state index contributed by atoms with van der Waals surface area (Å²) >= 11 is 0. The van der Waals surface area contributed by atoms with Crippen molar-refractivity contribution in [3.8, 4) is 0 Å². The van der Waals surface area contributed by atoms with Crippen molar-refractivity contribution in [3.63, 3.8) is 0 Å². The Hall–Kier alpha value is -2.98. The lowest BCUT2D eigenvalue weighted by Gasteiger charge is -2.42. The van der Waals surface area contributed by atoms with Crippen LogP contribution in [-0.4, -0.2) is 84.4 Å². The van der Waals surface area contributed by atoms with E-state index in [1.54, 1.807) is 7.05 Å². The van der Waals surface area contributed by atoms with Gasteiger partial charge in [-0.25, -0.2) is 4.79 Å². The first-order chi connectivity index (χ1) is 19.6. The van der Waals surface area contributed by atoms with Gasteiger partial charge in [0.15, 0.2) is 5.58 Å². The maximum absolute atomic E-state index is 12.5. The molecule has 2 aliphatic rings. The number of aldehydes is 1. The van der Waals surface area contributed by atoms with Gasteiger partial charge < -0.3 is 29.1 Å². The minimum atomic E-state index is -0.719. The second-order valence-corrected chi connectivity index (χ2v) is 12.1. The predicted molar refractivity (Wildman–Crippen MR) is 159 cm³/mol. The fourth-order valence-corrected chi connectivity index (χ4v) is 5.85. The Morgan fingerprint density at radius 1 is 1.12 bits per heavy atom. The number of carbonyl (C=O) groups is 3. The summed E-state index contributed by atoms with van der Waals surface area (Å²) in [7, 11) is 1.56. The first-order valence-corrected chi connectivity index (χ1v) is 15.0. The number of oxazole rings is 1. The van der Waals surface area contributed by atoms with Gasteiger partial charge in [0.1, 0.15) is 11.9 Å². The molecule has 0 aliphatic carbocycles. The zero-order chi connectivity index (χ0) is 30.0. The minimum Gasteiger partial charge on any atom is -0.462 e. The number of fused-ring (bicyclic) bond motifs is 1. The highest BCUT2D eigenvalue weighted by Crippen LogP contribution is 2.32. The van der Waals surface area contributed by atoms with Gasteiger partial charge in [0.25, 0.3) is 6.47 Å². The van der Waals surface area contributed by atoms with E-state index in [-0.39, 0.29) is 24.3 Å². The summed E-state index contributed by atoms with van der Waals surface area (Å²) in [6.45, 7) is 14.0. The SMILES string of the molecule is CC(C)(C)OC=O.CCCN1CCC(N2CCC(c3ccc4c(c3)oc(=O)n4C(C=O)CCC(=O)NC)CC2)CC1. The zero-order valence-electron chi connectivity index (χ0n) is 25.4. The Morgan fingerprint density at radius 2 is 1.80 bits per heavy atom. The van der Waals surface area contributed by atoms with Gasteiger partial charge in [0.2, 0.25) is 5.91 Å². The summed E-state index contributed by atoms with van der Waals surface area (Å²) in [5.41, 5.74) is 2.00. The fraction of sp³-hybridized carbons (Fsp3) is 0.677. The van der Waals surface area contributed by atoms with Gasteiger partial charge in [-0.1, -0.05) is 13.0 Å². The third kappa shape index (κ3) is 9.26. The van der Waals surface area contributed by atoms with Crippen molar-refractivity contribution in [2.45, 2.75) is 96.2 Å². The van der Waals surface area contributed by atoms with Gasteiger partial charge >= 0.3 is 5.76 Å². The fourth-order valence-electron chi connectivity index (χ4n) is 5.85. The van der Waals surface area contributed by atoms with Crippen LogP contribution in [0.3, 0.4) is 0 Å². The van der Waals surface area contributed by atoms with E-state index in [0.717, 1.165) is 32.2 Å². The van der Waals surface area contributed by atoms with Crippen molar-refractivity contribution >= 4 is 29.8 Å². The monoisotopic (exact) mass is 572 g/mol. The number of likely N-dealkylation sites (tertiary alicyclic amines) is 2. The maximum Gasteiger partial charge on any atom is 0.420 e. The Morgan fingerprint density at radius 3 is 2.34 bits per heavy atom. The summed E-state index contributed by atoms with van der Waals surface area (Å²) < 4.78 is 11.5. The number of hydrogen-bond acceptors (Lipinski definition) is 8. The van der Waals surface area contributed by atoms with E-state index in [4.69, 9.17) is 4.42 Å². The van der Waals surface area contributed by atoms with Crippen LogP contribution in [0.5, 0.6) is 0 Å². The molecule has 1 aromatic carbocycles. The van der Waals surface area contributed by atoms with Gasteiger partial charge in [0, 0.05) is 19.5 Å². The smallest absolute Gasteiger partial charge is 0.420 e. The topological polar surface area (TPSA) is 114 Å². The lowest BCUT2D eigenvalue weighted by atomic mass is 9.88. The highest BCUT2D eigenvalue weighted by molar-refractivity contribution is 5.77. The second kappa shape index (κ2) is 15.3. The van der Waals surface area contributed by atoms with Crippen LogP contribution in [0.25, 0.3) is 11.1 Å². The summed E-state index contributed by atoms with van der Waals surface area (Å²) in [6.07, 6.45) is 7.14. The molecular formula is C31H48N4O6. The molecule has 1 unspecified atom stereocenters. The summed E-state index contributed by atoms with van der Waals surface area (Å²) in [5.74, 6) is -0.261. The van der Waals surface area contributed by atoms with Crippen molar-refractivity contribution in [1.29, 1.82) is 0 Å². The van der Waals surface area contributed by atoms with E-state index in [0.29, 0.717) is 29.5 Å². The zero-order valence-corrected chi connectivity index (χ0v) is 25.4. The highest BCUT2D eigenvalue weighted by atomic mass is 16.5. The molecule has 1 N–H and O–H groups in total. The first kappa shape index (κ1) is 32.5. The standard InChI is InChI=1S/C26H38N4O4.C5H10O2/c1-3-12-28-13-10-21(11-14-28)29-15-8-19(9-16-29)20-4-6-23-24(17-20)34-26(33)30(23)22(18-31)5-7-25(32)27-2;1-5(2,3)7-4-6/h4,6,17-19,21-22H,3,5,7-16H2,1-2H3,(H,27,32);4H,1-3H3. The number of nitrogens with zero attached hydrogens (tertiary/aromatic N) is 3. The van der Waals surface area contributed by atoms with Gasteiger partial charge in [-0.3, -0.25) is 14.2 Å². The van der Waals surface area contributed by atoms with Crippen LogP contribution < -0.4 is 11.1 Å². The molecule has 228 valence electrons. The highest BCUT2D eigenvalue weighted by Gasteiger charge is 2.29. The lowest BCUT2D eigenvalue weighted by molar-refractivity contribution is -0.138. The van der Waals surface area contributed by atoms with Crippen LogP contribution in [0, 0.1) is 0 Å². The molecule has 3 heterocycles.